The van der Waals surface area contributed by atoms with Gasteiger partial charge in [0.15, 0.2) is 0 Å². The lowest BCUT2D eigenvalue weighted by molar-refractivity contribution is -0.125. The van der Waals surface area contributed by atoms with Crippen LogP contribution in [0.2, 0.25) is 0 Å². The van der Waals surface area contributed by atoms with Gasteiger partial charge in [-0.05, 0) is 20.8 Å². The van der Waals surface area contributed by atoms with Crippen LogP contribution in [0.5, 0.6) is 0 Å². The second kappa shape index (κ2) is 14.9. The maximum atomic E-state index is 11.4. The van der Waals surface area contributed by atoms with Gasteiger partial charge in [-0.3, -0.25) is 4.79 Å². The molecular weight excluding hydrogens is 332 g/mol. The third-order valence-electron chi connectivity index (χ3n) is 2.54. The summed E-state index contributed by atoms with van der Waals surface area (Å²) in [5.41, 5.74) is -0.503. The predicted octanol–water partition coefficient (Wildman–Crippen LogP) is 0.324. The van der Waals surface area contributed by atoms with Crippen LogP contribution in [0.4, 0.5) is 4.79 Å². The van der Waals surface area contributed by atoms with Crippen LogP contribution in [-0.2, 0) is 28.5 Å². The molecule has 148 valence electrons. The molecule has 25 heavy (non-hydrogen) atoms. The maximum Gasteiger partial charge on any atom is 0.407 e. The average Bonchev–Trinajstić information content (AvgIpc) is 2.53. The summed E-state index contributed by atoms with van der Waals surface area (Å²) in [6.07, 6.45) is -0.455. The molecule has 0 aliphatic carbocycles. The molecule has 0 saturated carbocycles. The minimum atomic E-state index is -0.503. The van der Waals surface area contributed by atoms with Gasteiger partial charge in [0.05, 0.1) is 46.2 Å². The summed E-state index contributed by atoms with van der Waals surface area (Å²) in [7, 11) is 1.56. The van der Waals surface area contributed by atoms with Gasteiger partial charge in [0.1, 0.15) is 12.2 Å². The average molecular weight is 364 g/mol. The molecule has 0 aromatic rings. The van der Waals surface area contributed by atoms with Crippen LogP contribution in [0, 0.1) is 0 Å². The van der Waals surface area contributed by atoms with Gasteiger partial charge in [0.2, 0.25) is 5.91 Å². The summed E-state index contributed by atoms with van der Waals surface area (Å²) in [6, 6.07) is 0. The molecule has 0 radical (unpaired) electrons. The SMILES string of the molecule is CNC(=O)COCCOCCOCCOCCNC(=O)OC(C)(C)C. The minimum Gasteiger partial charge on any atom is -0.444 e. The summed E-state index contributed by atoms with van der Waals surface area (Å²) in [5, 5.41) is 5.06. The number of ether oxygens (including phenoxy) is 5. The number of alkyl carbamates (subject to hydrolysis) is 1. The molecule has 0 heterocycles. The van der Waals surface area contributed by atoms with Crippen LogP contribution in [0.3, 0.4) is 0 Å². The normalized spacial score (nSPS) is 11.2. The number of hydrogen-bond donors (Lipinski definition) is 2. The fourth-order valence-corrected chi connectivity index (χ4v) is 1.44. The van der Waals surface area contributed by atoms with Crippen molar-refractivity contribution >= 4 is 12.0 Å². The Balaban J connectivity index is 3.19. The van der Waals surface area contributed by atoms with Gasteiger partial charge in [-0.25, -0.2) is 4.79 Å². The molecule has 0 fully saturated rings. The first-order chi connectivity index (χ1) is 11.8. The molecule has 0 aromatic carbocycles. The number of likely N-dealkylation sites (N-methyl/N-ethyl adjacent to an activating group) is 1. The number of nitrogens with one attached hydrogen (secondary N) is 2. The van der Waals surface area contributed by atoms with Crippen molar-refractivity contribution in [3.8, 4) is 0 Å². The van der Waals surface area contributed by atoms with Gasteiger partial charge in [0.25, 0.3) is 0 Å². The summed E-state index contributed by atoms with van der Waals surface area (Å²) >= 11 is 0. The number of rotatable bonds is 14. The summed E-state index contributed by atoms with van der Waals surface area (Å²) in [4.78, 5) is 22.2. The second-order valence-electron chi connectivity index (χ2n) is 5.99. The Bertz CT molecular complexity index is 359. The Morgan fingerprint density at radius 1 is 0.800 bits per heavy atom. The highest BCUT2D eigenvalue weighted by Crippen LogP contribution is 2.05. The van der Waals surface area contributed by atoms with Crippen LogP contribution >= 0.6 is 0 Å². The number of amides is 2. The molecule has 9 nitrogen and oxygen atoms in total. The van der Waals surface area contributed by atoms with Gasteiger partial charge in [-0.2, -0.15) is 0 Å². The molecule has 2 amide bonds. The van der Waals surface area contributed by atoms with E-state index < -0.39 is 11.7 Å². The van der Waals surface area contributed by atoms with E-state index in [4.69, 9.17) is 23.7 Å². The largest absolute Gasteiger partial charge is 0.444 e. The van der Waals surface area contributed by atoms with Crippen molar-refractivity contribution in [2.24, 2.45) is 0 Å². The van der Waals surface area contributed by atoms with Crippen molar-refractivity contribution < 1.29 is 33.3 Å². The van der Waals surface area contributed by atoms with Crippen molar-refractivity contribution in [3.05, 3.63) is 0 Å². The predicted molar refractivity (Wildman–Crippen MR) is 91.6 cm³/mol. The van der Waals surface area contributed by atoms with Crippen molar-refractivity contribution in [3.63, 3.8) is 0 Å². The van der Waals surface area contributed by atoms with E-state index in [1.807, 2.05) is 20.8 Å². The Kier molecular flexibility index (Phi) is 14.0. The van der Waals surface area contributed by atoms with E-state index >= 15 is 0 Å². The Morgan fingerprint density at radius 3 is 1.76 bits per heavy atom. The Morgan fingerprint density at radius 2 is 1.28 bits per heavy atom. The fraction of sp³-hybridized carbons (Fsp3) is 0.875. The number of carbonyl (C=O) groups excluding carboxylic acids is 2. The zero-order valence-electron chi connectivity index (χ0n) is 15.7. The number of carbonyl (C=O) groups is 2. The molecule has 0 aromatic heterocycles. The highest BCUT2D eigenvalue weighted by atomic mass is 16.6. The van der Waals surface area contributed by atoms with Crippen LogP contribution in [0.15, 0.2) is 0 Å². The first-order valence-corrected chi connectivity index (χ1v) is 8.33. The van der Waals surface area contributed by atoms with Crippen molar-refractivity contribution in [1.82, 2.24) is 10.6 Å². The molecule has 0 aliphatic heterocycles. The van der Waals surface area contributed by atoms with Gasteiger partial charge < -0.3 is 34.3 Å². The lowest BCUT2D eigenvalue weighted by Crippen LogP contribution is -2.34. The Hall–Kier alpha value is -1.42. The highest BCUT2D eigenvalue weighted by Gasteiger charge is 2.15. The highest BCUT2D eigenvalue weighted by molar-refractivity contribution is 5.76. The van der Waals surface area contributed by atoms with E-state index in [1.54, 1.807) is 7.05 Å². The molecule has 0 aliphatic rings. The van der Waals surface area contributed by atoms with Crippen molar-refractivity contribution in [2.75, 3.05) is 66.4 Å². The third-order valence-corrected chi connectivity index (χ3v) is 2.54. The molecule has 0 unspecified atom stereocenters. The zero-order chi connectivity index (χ0) is 19.0. The topological polar surface area (TPSA) is 104 Å². The molecule has 0 rings (SSSR count). The van der Waals surface area contributed by atoms with E-state index in [0.717, 1.165) is 0 Å². The van der Waals surface area contributed by atoms with E-state index in [-0.39, 0.29) is 12.5 Å². The van der Waals surface area contributed by atoms with E-state index in [0.29, 0.717) is 52.8 Å². The molecule has 9 heteroatoms. The quantitative estimate of drug-likeness (QED) is 0.428. The van der Waals surface area contributed by atoms with Crippen molar-refractivity contribution in [2.45, 2.75) is 26.4 Å². The minimum absolute atomic E-state index is 0.0382. The summed E-state index contributed by atoms with van der Waals surface area (Å²) in [5.74, 6) is -0.162. The van der Waals surface area contributed by atoms with E-state index in [1.165, 1.54) is 0 Å². The lowest BCUT2D eigenvalue weighted by atomic mass is 10.2. The summed E-state index contributed by atoms with van der Waals surface area (Å²) < 4.78 is 26.1. The lowest BCUT2D eigenvalue weighted by Gasteiger charge is -2.19. The van der Waals surface area contributed by atoms with E-state index in [9.17, 15) is 9.59 Å². The first kappa shape index (κ1) is 23.6. The first-order valence-electron chi connectivity index (χ1n) is 8.33. The molecule has 0 saturated heterocycles. The smallest absolute Gasteiger partial charge is 0.407 e. The van der Waals surface area contributed by atoms with Crippen molar-refractivity contribution in [1.29, 1.82) is 0 Å². The van der Waals surface area contributed by atoms with Crippen LogP contribution in [0.25, 0.3) is 0 Å². The zero-order valence-corrected chi connectivity index (χ0v) is 15.7. The molecule has 0 bridgehead atoms. The van der Waals surface area contributed by atoms with Crippen LogP contribution in [-0.4, -0.2) is 84.0 Å². The van der Waals surface area contributed by atoms with E-state index in [2.05, 4.69) is 10.6 Å². The molecule has 0 atom stereocenters. The number of hydrogen-bond acceptors (Lipinski definition) is 7. The second-order valence-corrected chi connectivity index (χ2v) is 5.99. The molecule has 2 N–H and O–H groups in total. The van der Waals surface area contributed by atoms with Gasteiger partial charge in [-0.15, -0.1) is 0 Å². The van der Waals surface area contributed by atoms with Crippen LogP contribution < -0.4 is 10.6 Å². The van der Waals surface area contributed by atoms with Gasteiger partial charge >= 0.3 is 6.09 Å². The van der Waals surface area contributed by atoms with Gasteiger partial charge in [-0.1, -0.05) is 0 Å². The van der Waals surface area contributed by atoms with Gasteiger partial charge in [0, 0.05) is 13.6 Å². The molecular formula is C16H32N2O7. The summed E-state index contributed by atoms with van der Waals surface area (Å²) in [6.45, 7) is 8.79. The maximum absolute atomic E-state index is 11.4. The Labute approximate surface area is 149 Å². The molecule has 0 spiro atoms. The monoisotopic (exact) mass is 364 g/mol. The standard InChI is InChI=1S/C16H32N2O7/c1-16(2,3)25-15(20)18-5-6-21-7-8-22-9-10-23-11-12-24-13-14(19)17-4/h5-13H2,1-4H3,(H,17,19)(H,18,20). The fourth-order valence-electron chi connectivity index (χ4n) is 1.44. The third kappa shape index (κ3) is 18.8. The van der Waals surface area contributed by atoms with Crippen LogP contribution in [0.1, 0.15) is 20.8 Å².